The van der Waals surface area contributed by atoms with Crippen molar-refractivity contribution in [1.29, 1.82) is 0 Å². The van der Waals surface area contributed by atoms with Gasteiger partial charge in [0, 0.05) is 10.9 Å². The number of pyridine rings is 1. The molecule has 0 atom stereocenters. The molecule has 1 aromatic carbocycles. The molecule has 4 aromatic heterocycles. The molecule has 0 spiro atoms. The Bertz CT molecular complexity index is 1480. The van der Waals surface area contributed by atoms with Gasteiger partial charge in [-0.25, -0.2) is 24.3 Å². The number of hydrogen-bond donors (Lipinski definition) is 3. The van der Waals surface area contributed by atoms with Gasteiger partial charge in [0.2, 0.25) is 5.91 Å². The van der Waals surface area contributed by atoms with Gasteiger partial charge in [-0.15, -0.1) is 11.3 Å². The van der Waals surface area contributed by atoms with E-state index >= 15 is 0 Å². The van der Waals surface area contributed by atoms with Crippen molar-refractivity contribution >= 4 is 46.2 Å². The molecule has 0 aliphatic rings. The van der Waals surface area contributed by atoms with Gasteiger partial charge in [-0.2, -0.15) is 5.10 Å². The Morgan fingerprint density at radius 2 is 1.88 bits per heavy atom. The average Bonchev–Trinajstić information content (AvgIpc) is 3.52. The summed E-state index contributed by atoms with van der Waals surface area (Å²) in [4.78, 5) is 36.7. The highest BCUT2D eigenvalue weighted by atomic mass is 32.1. The molecule has 0 saturated carbocycles. The highest BCUT2D eigenvalue weighted by Crippen LogP contribution is 2.28. The molecule has 11 heteroatoms. The quantitative estimate of drug-likeness (QED) is 0.326. The van der Waals surface area contributed by atoms with Crippen molar-refractivity contribution in [2.45, 2.75) is 6.42 Å². The fourth-order valence-corrected chi connectivity index (χ4v) is 4.07. The predicted molar refractivity (Wildman–Crippen MR) is 127 cm³/mol. The van der Waals surface area contributed by atoms with Crippen LogP contribution in [-0.2, 0) is 11.2 Å². The minimum Gasteiger partial charge on any atom is -0.477 e. The van der Waals surface area contributed by atoms with Gasteiger partial charge in [0.05, 0.1) is 30.2 Å². The van der Waals surface area contributed by atoms with Crippen molar-refractivity contribution in [3.05, 3.63) is 83.1 Å². The minimum atomic E-state index is -0.982. The van der Waals surface area contributed by atoms with Crippen LogP contribution in [-0.4, -0.2) is 41.5 Å². The van der Waals surface area contributed by atoms with Crippen LogP contribution in [0.5, 0.6) is 0 Å². The van der Waals surface area contributed by atoms with Crippen molar-refractivity contribution in [3.8, 4) is 11.3 Å². The van der Waals surface area contributed by atoms with Crippen LogP contribution in [0.1, 0.15) is 15.2 Å². The zero-order chi connectivity index (χ0) is 23.5. The van der Waals surface area contributed by atoms with Gasteiger partial charge in [-0.3, -0.25) is 4.79 Å². The van der Waals surface area contributed by atoms with Crippen molar-refractivity contribution in [2.75, 3.05) is 10.6 Å². The maximum atomic E-state index is 12.2. The molecule has 0 radical (unpaired) electrons. The average molecular weight is 472 g/mol. The molecule has 0 unspecified atom stereocenters. The van der Waals surface area contributed by atoms with Crippen LogP contribution >= 0.6 is 11.3 Å². The molecule has 1 amide bonds. The predicted octanol–water partition coefficient (Wildman–Crippen LogP) is 3.87. The number of nitrogens with zero attached hydrogens (tertiary/aromatic N) is 5. The Hall–Kier alpha value is -4.64. The summed E-state index contributed by atoms with van der Waals surface area (Å²) in [5.41, 5.74) is 3.35. The topological polar surface area (TPSA) is 134 Å². The lowest BCUT2D eigenvalue weighted by molar-refractivity contribution is -0.115. The van der Waals surface area contributed by atoms with Crippen LogP contribution in [0.15, 0.2) is 72.6 Å². The molecule has 168 valence electrons. The summed E-state index contributed by atoms with van der Waals surface area (Å²) in [7, 11) is 0. The van der Waals surface area contributed by atoms with E-state index in [-0.39, 0.29) is 17.2 Å². The van der Waals surface area contributed by atoms with Gasteiger partial charge in [-0.1, -0.05) is 30.3 Å². The highest BCUT2D eigenvalue weighted by Gasteiger charge is 2.15. The number of aromatic nitrogens is 5. The van der Waals surface area contributed by atoms with Gasteiger partial charge < -0.3 is 15.7 Å². The van der Waals surface area contributed by atoms with E-state index < -0.39 is 5.97 Å². The number of hydrogen-bond acceptors (Lipinski definition) is 8. The Kier molecular flexibility index (Phi) is 5.67. The van der Waals surface area contributed by atoms with Crippen LogP contribution in [0, 0.1) is 0 Å². The molecule has 34 heavy (non-hydrogen) atoms. The summed E-state index contributed by atoms with van der Waals surface area (Å²) in [6, 6.07) is 14.5. The fourth-order valence-electron chi connectivity index (χ4n) is 3.33. The number of anilines is 3. The first-order chi connectivity index (χ1) is 16.6. The molecule has 4 heterocycles. The van der Waals surface area contributed by atoms with Gasteiger partial charge in [0.15, 0.2) is 11.5 Å². The van der Waals surface area contributed by atoms with Gasteiger partial charge in [0.25, 0.3) is 0 Å². The van der Waals surface area contributed by atoms with E-state index in [1.165, 1.54) is 6.33 Å². The molecule has 0 bridgehead atoms. The van der Waals surface area contributed by atoms with Gasteiger partial charge >= 0.3 is 5.97 Å². The van der Waals surface area contributed by atoms with Gasteiger partial charge in [0.1, 0.15) is 17.0 Å². The van der Waals surface area contributed by atoms with E-state index in [4.69, 9.17) is 0 Å². The number of amides is 1. The zero-order valence-corrected chi connectivity index (χ0v) is 18.4. The molecule has 0 fully saturated rings. The summed E-state index contributed by atoms with van der Waals surface area (Å²) in [5, 5.41) is 21.1. The summed E-state index contributed by atoms with van der Waals surface area (Å²) < 4.78 is 1.59. The SMILES string of the molecule is O=C(Cc1ccccc1)Nc1ccc(Nc2ncc(-c3csc(C(=O)O)c3)n3ncnc23)cn1. The van der Waals surface area contributed by atoms with E-state index in [1.54, 1.807) is 40.5 Å². The number of rotatable bonds is 7. The molecule has 0 saturated heterocycles. The number of carbonyl (C=O) groups excluding carboxylic acids is 1. The Morgan fingerprint density at radius 3 is 2.62 bits per heavy atom. The number of nitrogens with one attached hydrogen (secondary N) is 2. The molecule has 5 rings (SSSR count). The van der Waals surface area contributed by atoms with Crippen molar-refractivity contribution in [3.63, 3.8) is 0 Å². The fraction of sp³-hybridized carbons (Fsp3) is 0.0435. The summed E-state index contributed by atoms with van der Waals surface area (Å²) in [5.74, 6) is -0.238. The standard InChI is InChI=1S/C23H17N7O3S/c31-20(8-14-4-2-1-3-5-14)29-19-7-6-16(10-24-19)28-21-22-26-13-27-30(22)17(11-25-21)15-9-18(23(32)33)34-12-15/h1-7,9-13H,8H2,(H,25,28)(H,32,33)(H,24,29,31). The molecule has 5 aromatic rings. The number of carboxylic acid groups (broad SMARTS) is 1. The number of carboxylic acids is 1. The molecule has 0 aliphatic carbocycles. The van der Waals surface area contributed by atoms with Crippen molar-refractivity contribution < 1.29 is 14.7 Å². The Morgan fingerprint density at radius 1 is 1.03 bits per heavy atom. The molecule has 10 nitrogen and oxygen atoms in total. The number of carbonyl (C=O) groups is 2. The van der Waals surface area contributed by atoms with E-state index in [2.05, 4.69) is 30.7 Å². The van der Waals surface area contributed by atoms with E-state index in [9.17, 15) is 14.7 Å². The largest absolute Gasteiger partial charge is 0.477 e. The van der Waals surface area contributed by atoms with Crippen LogP contribution < -0.4 is 10.6 Å². The van der Waals surface area contributed by atoms with E-state index in [1.807, 2.05) is 30.3 Å². The number of fused-ring (bicyclic) bond motifs is 1. The molecule has 3 N–H and O–H groups in total. The maximum Gasteiger partial charge on any atom is 0.345 e. The third-order valence-corrected chi connectivity index (χ3v) is 5.83. The van der Waals surface area contributed by atoms with Crippen molar-refractivity contribution in [2.24, 2.45) is 0 Å². The zero-order valence-electron chi connectivity index (χ0n) is 17.5. The van der Waals surface area contributed by atoms with Crippen LogP contribution in [0.3, 0.4) is 0 Å². The first kappa shape index (κ1) is 21.2. The summed E-state index contributed by atoms with van der Waals surface area (Å²) in [6.07, 6.45) is 4.85. The first-order valence-corrected chi connectivity index (χ1v) is 11.0. The third-order valence-electron chi connectivity index (χ3n) is 4.91. The second-order valence-corrected chi connectivity index (χ2v) is 8.17. The third kappa shape index (κ3) is 4.45. The number of thiophene rings is 1. The second-order valence-electron chi connectivity index (χ2n) is 7.26. The van der Waals surface area contributed by atoms with Crippen LogP contribution in [0.2, 0.25) is 0 Å². The smallest absolute Gasteiger partial charge is 0.345 e. The van der Waals surface area contributed by atoms with Crippen molar-refractivity contribution in [1.82, 2.24) is 24.6 Å². The maximum absolute atomic E-state index is 12.2. The number of benzene rings is 1. The molecule has 0 aliphatic heterocycles. The van der Waals surface area contributed by atoms with E-state index in [0.717, 1.165) is 16.9 Å². The summed E-state index contributed by atoms with van der Waals surface area (Å²) >= 11 is 1.13. The lowest BCUT2D eigenvalue weighted by atomic mass is 10.1. The molecular formula is C23H17N7O3S. The Balaban J connectivity index is 1.31. The molecular weight excluding hydrogens is 454 g/mol. The van der Waals surface area contributed by atoms with Crippen LogP contribution in [0.4, 0.5) is 17.3 Å². The lowest BCUT2D eigenvalue weighted by Crippen LogP contribution is -2.15. The normalized spacial score (nSPS) is 10.8. The monoisotopic (exact) mass is 471 g/mol. The van der Waals surface area contributed by atoms with Crippen LogP contribution in [0.25, 0.3) is 16.9 Å². The first-order valence-electron chi connectivity index (χ1n) is 10.1. The number of aromatic carboxylic acids is 1. The second kappa shape index (κ2) is 9.08. The summed E-state index contributed by atoms with van der Waals surface area (Å²) in [6.45, 7) is 0. The lowest BCUT2D eigenvalue weighted by Gasteiger charge is -2.09. The van der Waals surface area contributed by atoms with E-state index in [0.29, 0.717) is 34.2 Å². The van der Waals surface area contributed by atoms with Gasteiger partial charge in [-0.05, 0) is 23.8 Å². The Labute approximate surface area is 197 Å². The highest BCUT2D eigenvalue weighted by molar-refractivity contribution is 7.12. The minimum absolute atomic E-state index is 0.152.